The highest BCUT2D eigenvalue weighted by molar-refractivity contribution is 7.89. The van der Waals surface area contributed by atoms with E-state index in [0.29, 0.717) is 12.0 Å². The number of aryl methyl sites for hydroxylation is 1. The quantitative estimate of drug-likeness (QED) is 0.839. The number of aliphatic hydroxyl groups is 1. The smallest absolute Gasteiger partial charge is 0.243 e. The van der Waals surface area contributed by atoms with Gasteiger partial charge in [0, 0.05) is 6.54 Å². The number of hydrogen-bond acceptors (Lipinski definition) is 3. The van der Waals surface area contributed by atoms with Crippen LogP contribution in [0.4, 0.5) is 4.39 Å². The predicted molar refractivity (Wildman–Crippen MR) is 71.8 cm³/mol. The second kappa shape index (κ2) is 6.45. The van der Waals surface area contributed by atoms with E-state index in [0.717, 1.165) is 6.07 Å². The van der Waals surface area contributed by atoms with Crippen LogP contribution in [0.25, 0.3) is 0 Å². The molecule has 0 fully saturated rings. The van der Waals surface area contributed by atoms with Crippen molar-refractivity contribution < 1.29 is 17.9 Å². The second-order valence-corrected chi connectivity index (χ2v) is 6.67. The molecule has 4 nitrogen and oxygen atoms in total. The van der Waals surface area contributed by atoms with E-state index in [-0.39, 0.29) is 17.4 Å². The normalized spacial score (nSPS) is 13.8. The van der Waals surface area contributed by atoms with Gasteiger partial charge in [-0.25, -0.2) is 17.5 Å². The highest BCUT2D eigenvalue weighted by Crippen LogP contribution is 2.16. The van der Waals surface area contributed by atoms with Crippen LogP contribution in [-0.4, -0.2) is 26.2 Å². The molecule has 0 aliphatic carbocycles. The summed E-state index contributed by atoms with van der Waals surface area (Å²) >= 11 is 0. The fourth-order valence-electron chi connectivity index (χ4n) is 1.57. The van der Waals surface area contributed by atoms with Gasteiger partial charge in [-0.05, 0) is 37.0 Å². The summed E-state index contributed by atoms with van der Waals surface area (Å²) in [6.45, 7) is 5.47. The van der Waals surface area contributed by atoms with Crippen LogP contribution in [0.15, 0.2) is 23.1 Å². The fourth-order valence-corrected chi connectivity index (χ4v) is 2.78. The lowest BCUT2D eigenvalue weighted by molar-refractivity contribution is 0.118. The Morgan fingerprint density at radius 2 is 2.00 bits per heavy atom. The molecule has 0 saturated carbocycles. The number of aliphatic hydroxyl groups excluding tert-OH is 1. The minimum absolute atomic E-state index is 0.0557. The summed E-state index contributed by atoms with van der Waals surface area (Å²) < 4.78 is 39.7. The van der Waals surface area contributed by atoms with Crippen molar-refractivity contribution in [2.24, 2.45) is 5.92 Å². The van der Waals surface area contributed by atoms with Crippen molar-refractivity contribution in [2.45, 2.75) is 38.2 Å². The molecule has 19 heavy (non-hydrogen) atoms. The maximum absolute atomic E-state index is 13.5. The molecule has 0 spiro atoms. The first kappa shape index (κ1) is 16.1. The lowest BCUT2D eigenvalue weighted by Gasteiger charge is -2.14. The van der Waals surface area contributed by atoms with Crippen LogP contribution in [0.3, 0.4) is 0 Å². The third kappa shape index (κ3) is 4.56. The van der Waals surface area contributed by atoms with Gasteiger partial charge in [0.05, 0.1) is 6.10 Å². The maximum atomic E-state index is 13.5. The Morgan fingerprint density at radius 1 is 1.37 bits per heavy atom. The number of nitrogens with one attached hydrogen (secondary N) is 1. The van der Waals surface area contributed by atoms with E-state index in [1.165, 1.54) is 12.1 Å². The number of benzene rings is 1. The Hall–Kier alpha value is -0.980. The van der Waals surface area contributed by atoms with Crippen molar-refractivity contribution >= 4 is 10.0 Å². The van der Waals surface area contributed by atoms with E-state index in [2.05, 4.69) is 4.72 Å². The number of sulfonamides is 1. The van der Waals surface area contributed by atoms with E-state index in [9.17, 15) is 17.9 Å². The van der Waals surface area contributed by atoms with Gasteiger partial charge in [-0.15, -0.1) is 0 Å². The van der Waals surface area contributed by atoms with Gasteiger partial charge in [0.2, 0.25) is 10.0 Å². The molecule has 6 heteroatoms. The van der Waals surface area contributed by atoms with Crippen molar-refractivity contribution in [2.75, 3.05) is 6.54 Å². The van der Waals surface area contributed by atoms with Gasteiger partial charge in [0.15, 0.2) is 0 Å². The first-order valence-electron chi connectivity index (χ1n) is 6.18. The summed E-state index contributed by atoms with van der Waals surface area (Å²) in [5, 5.41) is 9.58. The van der Waals surface area contributed by atoms with Crippen LogP contribution in [0.5, 0.6) is 0 Å². The highest BCUT2D eigenvalue weighted by atomic mass is 32.2. The molecule has 1 rings (SSSR count). The van der Waals surface area contributed by atoms with Gasteiger partial charge in [0.25, 0.3) is 0 Å². The van der Waals surface area contributed by atoms with Crippen LogP contribution in [0.2, 0.25) is 0 Å². The third-order valence-electron chi connectivity index (χ3n) is 2.88. The first-order valence-corrected chi connectivity index (χ1v) is 7.66. The third-order valence-corrected chi connectivity index (χ3v) is 4.35. The van der Waals surface area contributed by atoms with E-state index in [1.54, 1.807) is 6.92 Å². The van der Waals surface area contributed by atoms with E-state index >= 15 is 0 Å². The average Bonchev–Trinajstić information content (AvgIpc) is 2.31. The molecule has 0 heterocycles. The van der Waals surface area contributed by atoms with Crippen molar-refractivity contribution in [3.8, 4) is 0 Å². The molecule has 0 radical (unpaired) electrons. The Kier molecular flexibility index (Phi) is 5.46. The van der Waals surface area contributed by atoms with Gasteiger partial charge in [0.1, 0.15) is 10.7 Å². The molecule has 0 saturated heterocycles. The monoisotopic (exact) mass is 289 g/mol. The summed E-state index contributed by atoms with van der Waals surface area (Å²) in [6.07, 6.45) is -0.283. The second-order valence-electron chi connectivity index (χ2n) is 4.93. The predicted octanol–water partition coefficient (Wildman–Crippen LogP) is 1.82. The van der Waals surface area contributed by atoms with Crippen molar-refractivity contribution in [3.05, 3.63) is 29.6 Å². The van der Waals surface area contributed by atoms with Gasteiger partial charge in [-0.3, -0.25) is 0 Å². The average molecular weight is 289 g/mol. The SMILES string of the molecule is Cc1ccc(F)c(S(=O)(=O)NCCC(O)C(C)C)c1. The molecule has 2 N–H and O–H groups in total. The van der Waals surface area contributed by atoms with Crippen LogP contribution in [-0.2, 0) is 10.0 Å². The Morgan fingerprint density at radius 3 is 2.58 bits per heavy atom. The molecular weight excluding hydrogens is 269 g/mol. The van der Waals surface area contributed by atoms with Crippen molar-refractivity contribution in [3.63, 3.8) is 0 Å². The highest BCUT2D eigenvalue weighted by Gasteiger charge is 2.19. The van der Waals surface area contributed by atoms with Crippen LogP contribution < -0.4 is 4.72 Å². The van der Waals surface area contributed by atoms with E-state index in [1.807, 2.05) is 13.8 Å². The molecule has 0 amide bonds. The molecule has 1 aromatic rings. The summed E-state index contributed by atoms with van der Waals surface area (Å²) in [6, 6.07) is 3.93. The minimum atomic E-state index is -3.87. The summed E-state index contributed by atoms with van der Waals surface area (Å²) in [7, 11) is -3.87. The molecule has 0 aromatic heterocycles. The van der Waals surface area contributed by atoms with Crippen molar-refractivity contribution in [1.29, 1.82) is 0 Å². The van der Waals surface area contributed by atoms with Gasteiger partial charge < -0.3 is 5.11 Å². The molecule has 0 aliphatic rings. The summed E-state index contributed by atoms with van der Waals surface area (Å²) in [5.41, 5.74) is 0.670. The van der Waals surface area contributed by atoms with Crippen LogP contribution >= 0.6 is 0 Å². The van der Waals surface area contributed by atoms with E-state index in [4.69, 9.17) is 0 Å². The zero-order chi connectivity index (χ0) is 14.6. The maximum Gasteiger partial charge on any atom is 0.243 e. The number of halogens is 1. The Bertz CT molecular complexity index is 529. The topological polar surface area (TPSA) is 66.4 Å². The van der Waals surface area contributed by atoms with Gasteiger partial charge >= 0.3 is 0 Å². The Balaban J connectivity index is 2.74. The van der Waals surface area contributed by atoms with Crippen molar-refractivity contribution in [1.82, 2.24) is 4.72 Å². The summed E-state index contributed by atoms with van der Waals surface area (Å²) in [4.78, 5) is -0.355. The van der Waals surface area contributed by atoms with Gasteiger partial charge in [-0.2, -0.15) is 0 Å². The lowest BCUT2D eigenvalue weighted by atomic mass is 10.1. The van der Waals surface area contributed by atoms with Gasteiger partial charge in [-0.1, -0.05) is 19.9 Å². The summed E-state index contributed by atoms with van der Waals surface area (Å²) in [5.74, 6) is -0.720. The molecule has 0 aliphatic heterocycles. The molecule has 1 aromatic carbocycles. The lowest BCUT2D eigenvalue weighted by Crippen LogP contribution is -2.29. The van der Waals surface area contributed by atoms with E-state index < -0.39 is 21.9 Å². The largest absolute Gasteiger partial charge is 0.393 e. The molecule has 1 atom stereocenters. The molecular formula is C13H20FNO3S. The number of rotatable bonds is 6. The minimum Gasteiger partial charge on any atom is -0.393 e. The zero-order valence-electron chi connectivity index (χ0n) is 11.4. The molecule has 108 valence electrons. The molecule has 0 bridgehead atoms. The standard InChI is InChI=1S/C13H20FNO3S/c1-9(2)12(16)6-7-15-19(17,18)13-8-10(3)4-5-11(13)14/h4-5,8-9,12,15-16H,6-7H2,1-3H3. The molecule has 1 unspecified atom stereocenters. The zero-order valence-corrected chi connectivity index (χ0v) is 12.2. The number of hydrogen-bond donors (Lipinski definition) is 2. The first-order chi connectivity index (χ1) is 8.74. The Labute approximate surface area is 113 Å². The van der Waals surface area contributed by atoms with Crippen LogP contribution in [0.1, 0.15) is 25.8 Å². The fraction of sp³-hybridized carbons (Fsp3) is 0.538. The van der Waals surface area contributed by atoms with Crippen LogP contribution in [0, 0.1) is 18.7 Å².